The smallest absolute Gasteiger partial charge is 0.151 e. The van der Waals surface area contributed by atoms with Crippen LogP contribution in [0.5, 0.6) is 0 Å². The Hall–Kier alpha value is -1.96. The first-order chi connectivity index (χ1) is 18.8. The summed E-state index contributed by atoms with van der Waals surface area (Å²) in [6.07, 6.45) is 9.91. The maximum absolute atomic E-state index is 14.6. The van der Waals surface area contributed by atoms with Gasteiger partial charge in [-0.25, -0.2) is 0 Å². The number of aliphatic carboxylic acids is 3. The third-order valence-electron chi connectivity index (χ3n) is 8.93. The van der Waals surface area contributed by atoms with Crippen molar-refractivity contribution in [2.45, 2.75) is 150 Å². The van der Waals surface area contributed by atoms with Crippen molar-refractivity contribution < 1.29 is 39.6 Å². The fourth-order valence-corrected chi connectivity index (χ4v) is 6.38. The number of carboxylic acids is 3. The highest BCUT2D eigenvalue weighted by Crippen LogP contribution is 2.48. The van der Waals surface area contributed by atoms with Crippen molar-refractivity contribution in [3.05, 3.63) is 0 Å². The number of aliphatic hydroxyl groups is 1. The van der Waals surface area contributed by atoms with Crippen LogP contribution in [-0.2, 0) is 19.2 Å². The van der Waals surface area contributed by atoms with Crippen molar-refractivity contribution in [1.29, 1.82) is 0 Å². The van der Waals surface area contributed by atoms with Crippen LogP contribution in [0.1, 0.15) is 144 Å². The summed E-state index contributed by atoms with van der Waals surface area (Å²) in [4.78, 5) is 50.7. The van der Waals surface area contributed by atoms with Crippen LogP contribution in [0.2, 0.25) is 0 Å². The standard InChI is InChI=1S/C32H58O8/c1-7-13-16-23(10-4)19-31(20-24(11-5)17-14-8-2,21-25(12-6)18-15-9-3)28(35)27(29(36)37)32(40,30(38)39)22-26(33)34/h23-25,27,40H,7-22H2,1-6H3,(H,33,34)(H,36,37)(H,38,39)/p-3. The van der Waals surface area contributed by atoms with Gasteiger partial charge in [0.2, 0.25) is 0 Å². The number of hydrogen-bond donors (Lipinski definition) is 1. The summed E-state index contributed by atoms with van der Waals surface area (Å²) in [5, 5.41) is 47.1. The van der Waals surface area contributed by atoms with Gasteiger partial charge in [-0.3, -0.25) is 4.79 Å². The first-order valence-electron chi connectivity index (χ1n) is 15.7. The molecule has 0 fully saturated rings. The first-order valence-corrected chi connectivity index (χ1v) is 15.7. The molecule has 0 aliphatic rings. The lowest BCUT2D eigenvalue weighted by Gasteiger charge is -2.46. The number of carbonyl (C=O) groups is 4. The second kappa shape index (κ2) is 19.2. The molecule has 0 aliphatic heterocycles. The molecule has 0 aliphatic carbocycles. The van der Waals surface area contributed by atoms with E-state index in [1.54, 1.807) is 0 Å². The molecule has 0 aromatic carbocycles. The van der Waals surface area contributed by atoms with Crippen LogP contribution in [0.15, 0.2) is 0 Å². The maximum Gasteiger partial charge on any atom is 0.151 e. The Kier molecular flexibility index (Phi) is 18.3. The molecule has 40 heavy (non-hydrogen) atoms. The molecule has 0 aromatic heterocycles. The van der Waals surface area contributed by atoms with Gasteiger partial charge in [0.05, 0.1) is 17.9 Å². The van der Waals surface area contributed by atoms with Gasteiger partial charge in [0.25, 0.3) is 0 Å². The van der Waals surface area contributed by atoms with Crippen molar-refractivity contribution in [3.8, 4) is 0 Å². The van der Waals surface area contributed by atoms with Crippen molar-refractivity contribution >= 4 is 23.7 Å². The SMILES string of the molecule is CCCCC(CC)CC(CC(CC)CCCC)(CC(CC)CCCC)C(=O)C(C(=O)[O-])C(O)(CC(=O)[O-])C(=O)[O-]. The molecular formula is C32H55O8-3. The van der Waals surface area contributed by atoms with Crippen LogP contribution >= 0.6 is 0 Å². The Labute approximate surface area is 242 Å². The van der Waals surface area contributed by atoms with Gasteiger partial charge in [-0.15, -0.1) is 0 Å². The monoisotopic (exact) mass is 567 g/mol. The number of rotatable bonds is 25. The molecule has 0 amide bonds. The van der Waals surface area contributed by atoms with Crippen LogP contribution in [0, 0.1) is 29.1 Å². The van der Waals surface area contributed by atoms with E-state index >= 15 is 0 Å². The molecule has 0 saturated heterocycles. The number of carbonyl (C=O) groups excluding carboxylic acids is 4. The summed E-state index contributed by atoms with van der Waals surface area (Å²) >= 11 is 0. The molecule has 0 bridgehead atoms. The Morgan fingerprint density at radius 2 is 1.00 bits per heavy atom. The van der Waals surface area contributed by atoms with Crippen molar-refractivity contribution in [1.82, 2.24) is 0 Å². The molecule has 5 unspecified atom stereocenters. The minimum atomic E-state index is -3.48. The van der Waals surface area contributed by atoms with Crippen LogP contribution in [0.3, 0.4) is 0 Å². The lowest BCUT2D eigenvalue weighted by Crippen LogP contribution is -2.64. The predicted octanol–water partition coefficient (Wildman–Crippen LogP) is 3.35. The van der Waals surface area contributed by atoms with Gasteiger partial charge in [-0.1, -0.05) is 119 Å². The summed E-state index contributed by atoms with van der Waals surface area (Å²) in [6, 6.07) is 0. The van der Waals surface area contributed by atoms with Gasteiger partial charge >= 0.3 is 0 Å². The van der Waals surface area contributed by atoms with E-state index in [0.717, 1.165) is 77.0 Å². The van der Waals surface area contributed by atoms with Crippen LogP contribution in [0.4, 0.5) is 0 Å². The van der Waals surface area contributed by atoms with E-state index in [4.69, 9.17) is 0 Å². The lowest BCUT2D eigenvalue weighted by molar-refractivity contribution is -0.345. The van der Waals surface area contributed by atoms with Gasteiger partial charge in [0, 0.05) is 17.8 Å². The quantitative estimate of drug-likeness (QED) is 0.165. The van der Waals surface area contributed by atoms with E-state index in [0.29, 0.717) is 19.3 Å². The van der Waals surface area contributed by atoms with E-state index < -0.39 is 47.0 Å². The minimum Gasteiger partial charge on any atom is -0.550 e. The van der Waals surface area contributed by atoms with Gasteiger partial charge < -0.3 is 34.8 Å². The summed E-state index contributed by atoms with van der Waals surface area (Å²) < 4.78 is 0. The second-order valence-corrected chi connectivity index (χ2v) is 12.0. The topological polar surface area (TPSA) is 158 Å². The molecule has 0 rings (SSSR count). The molecule has 0 radical (unpaired) electrons. The van der Waals surface area contributed by atoms with E-state index in [1.807, 2.05) is 20.8 Å². The Morgan fingerprint density at radius 1 is 0.650 bits per heavy atom. The van der Waals surface area contributed by atoms with E-state index in [9.17, 15) is 39.6 Å². The van der Waals surface area contributed by atoms with Crippen molar-refractivity contribution in [3.63, 3.8) is 0 Å². The fourth-order valence-electron chi connectivity index (χ4n) is 6.38. The van der Waals surface area contributed by atoms with Gasteiger partial charge in [0.1, 0.15) is 5.60 Å². The minimum absolute atomic E-state index is 0.0795. The number of carboxylic acid groups (broad SMARTS) is 3. The van der Waals surface area contributed by atoms with Crippen LogP contribution < -0.4 is 15.3 Å². The van der Waals surface area contributed by atoms with Gasteiger partial charge in [-0.05, 0) is 37.0 Å². The van der Waals surface area contributed by atoms with E-state index in [2.05, 4.69) is 20.8 Å². The molecule has 8 heteroatoms. The third kappa shape index (κ3) is 11.5. The Morgan fingerprint density at radius 3 is 1.23 bits per heavy atom. The second-order valence-electron chi connectivity index (χ2n) is 12.0. The summed E-state index contributed by atoms with van der Waals surface area (Å²) in [6.45, 7) is 12.3. The zero-order valence-electron chi connectivity index (χ0n) is 25.9. The van der Waals surface area contributed by atoms with Crippen LogP contribution in [-0.4, -0.2) is 34.4 Å². The zero-order chi connectivity index (χ0) is 30.9. The first kappa shape index (κ1) is 38.0. The summed E-state index contributed by atoms with van der Waals surface area (Å²) in [7, 11) is 0. The molecule has 1 N–H and O–H groups in total. The molecule has 0 aromatic rings. The highest BCUT2D eigenvalue weighted by atomic mass is 16.4. The molecule has 0 saturated carbocycles. The highest BCUT2D eigenvalue weighted by molar-refractivity contribution is 6.06. The lowest BCUT2D eigenvalue weighted by atomic mass is 9.59. The van der Waals surface area contributed by atoms with E-state index in [-0.39, 0.29) is 17.8 Å². The number of ketones is 1. The Balaban J connectivity index is 7.29. The summed E-state index contributed by atoms with van der Waals surface area (Å²) in [5.74, 6) is -9.72. The molecule has 0 spiro atoms. The Bertz CT molecular complexity index is 733. The van der Waals surface area contributed by atoms with Crippen LogP contribution in [0.25, 0.3) is 0 Å². The number of hydrogen-bond acceptors (Lipinski definition) is 8. The molecule has 5 atom stereocenters. The normalized spacial score (nSPS) is 17.7. The average Bonchev–Trinajstić information content (AvgIpc) is 2.90. The number of unbranched alkanes of at least 4 members (excludes halogenated alkanes) is 3. The van der Waals surface area contributed by atoms with Crippen molar-refractivity contribution in [2.75, 3.05) is 0 Å². The average molecular weight is 568 g/mol. The molecule has 0 heterocycles. The third-order valence-corrected chi connectivity index (χ3v) is 8.93. The fraction of sp³-hybridized carbons (Fsp3) is 0.875. The largest absolute Gasteiger partial charge is 0.550 e. The molecule has 234 valence electrons. The number of Topliss-reactive ketones (excluding diaryl/α,β-unsaturated/α-hetero) is 1. The summed E-state index contributed by atoms with van der Waals surface area (Å²) in [5.41, 5.74) is -4.75. The van der Waals surface area contributed by atoms with Gasteiger partial charge in [0.15, 0.2) is 5.78 Å². The molecule has 8 nitrogen and oxygen atoms in total. The molecular weight excluding hydrogens is 512 g/mol. The predicted molar refractivity (Wildman–Crippen MR) is 149 cm³/mol. The maximum atomic E-state index is 14.6. The zero-order valence-corrected chi connectivity index (χ0v) is 25.9. The highest BCUT2D eigenvalue weighted by Gasteiger charge is 2.52. The van der Waals surface area contributed by atoms with E-state index in [1.165, 1.54) is 0 Å². The van der Waals surface area contributed by atoms with Crippen molar-refractivity contribution in [2.24, 2.45) is 29.1 Å². The van der Waals surface area contributed by atoms with Gasteiger partial charge in [-0.2, -0.15) is 0 Å².